The summed E-state index contributed by atoms with van der Waals surface area (Å²) in [6.07, 6.45) is 2.12. The average Bonchev–Trinajstić information content (AvgIpc) is 3.11. The van der Waals surface area contributed by atoms with Gasteiger partial charge in [-0.15, -0.1) is 0 Å². The summed E-state index contributed by atoms with van der Waals surface area (Å²) in [6.45, 7) is 3.86. The number of rotatable bonds is 3. The van der Waals surface area contributed by atoms with Gasteiger partial charge in [0.15, 0.2) is 0 Å². The highest BCUT2D eigenvalue weighted by Gasteiger charge is 2.40. The van der Waals surface area contributed by atoms with E-state index in [1.807, 2.05) is 44.2 Å². The topological polar surface area (TPSA) is 102 Å². The van der Waals surface area contributed by atoms with Crippen LogP contribution in [0.3, 0.4) is 0 Å². The number of nitrogens with two attached hydrogens (primary N) is 1. The molecule has 0 bridgehead atoms. The lowest BCUT2D eigenvalue weighted by molar-refractivity contribution is 0.0955. The molecule has 7 nitrogen and oxygen atoms in total. The van der Waals surface area contributed by atoms with Crippen molar-refractivity contribution in [2.24, 2.45) is 10.5 Å². The Morgan fingerprint density at radius 2 is 1.83 bits per heavy atom. The van der Waals surface area contributed by atoms with Crippen LogP contribution in [0.15, 0.2) is 65.9 Å². The van der Waals surface area contributed by atoms with E-state index in [0.717, 1.165) is 11.4 Å². The van der Waals surface area contributed by atoms with Crippen molar-refractivity contribution in [2.45, 2.75) is 20.3 Å². The van der Waals surface area contributed by atoms with Gasteiger partial charge in [-0.3, -0.25) is 9.59 Å². The first-order valence-electron chi connectivity index (χ1n) is 9.28. The Morgan fingerprint density at radius 3 is 2.55 bits per heavy atom. The molecule has 0 spiro atoms. The number of nitrogens with one attached hydrogen (secondary N) is 1. The molecule has 1 amide bonds. The fourth-order valence-corrected chi connectivity index (χ4v) is 3.54. The van der Waals surface area contributed by atoms with Crippen LogP contribution in [-0.4, -0.2) is 27.2 Å². The molecule has 0 fully saturated rings. The van der Waals surface area contributed by atoms with Gasteiger partial charge in [0.25, 0.3) is 5.91 Å². The third-order valence-corrected chi connectivity index (χ3v) is 5.05. The minimum absolute atomic E-state index is 0.236. The van der Waals surface area contributed by atoms with E-state index in [0.29, 0.717) is 28.9 Å². The van der Waals surface area contributed by atoms with Crippen LogP contribution in [0, 0.1) is 5.41 Å². The molecule has 1 aliphatic rings. The molecule has 1 heterocycles. The minimum atomic E-state index is -0.577. The minimum Gasteiger partial charge on any atom is -0.398 e. The van der Waals surface area contributed by atoms with Crippen LogP contribution >= 0.6 is 0 Å². The molecule has 0 saturated carbocycles. The van der Waals surface area contributed by atoms with E-state index in [4.69, 9.17) is 5.73 Å². The van der Waals surface area contributed by atoms with Gasteiger partial charge in [-0.1, -0.05) is 44.2 Å². The van der Waals surface area contributed by atoms with Gasteiger partial charge in [-0.25, -0.2) is 10.1 Å². The lowest BCUT2D eigenvalue weighted by Gasteiger charge is -2.30. The fraction of sp³-hybridized carbons (Fsp3) is 0.182. The predicted molar refractivity (Wildman–Crippen MR) is 111 cm³/mol. The molecule has 0 saturated heterocycles. The summed E-state index contributed by atoms with van der Waals surface area (Å²) in [5.74, 6) is -0.690. The number of para-hydroxylation sites is 2. The van der Waals surface area contributed by atoms with Crippen LogP contribution < -0.4 is 11.2 Å². The summed E-state index contributed by atoms with van der Waals surface area (Å²) in [7, 11) is 0. The van der Waals surface area contributed by atoms with Crippen LogP contribution in [0.4, 0.5) is 5.69 Å². The predicted octanol–water partition coefficient (Wildman–Crippen LogP) is 3.01. The summed E-state index contributed by atoms with van der Waals surface area (Å²) >= 11 is 0. The van der Waals surface area contributed by atoms with Crippen molar-refractivity contribution in [3.05, 3.63) is 77.6 Å². The number of aromatic nitrogens is 2. The number of nitrogen functional groups attached to an aromatic ring is 1. The molecule has 29 heavy (non-hydrogen) atoms. The first kappa shape index (κ1) is 18.6. The zero-order chi connectivity index (χ0) is 20.6. The van der Waals surface area contributed by atoms with Crippen LogP contribution in [0.1, 0.15) is 40.3 Å². The number of hydrogen-bond donors (Lipinski definition) is 2. The van der Waals surface area contributed by atoms with Gasteiger partial charge in [0.1, 0.15) is 5.71 Å². The molecule has 1 aromatic heterocycles. The summed E-state index contributed by atoms with van der Waals surface area (Å²) < 4.78 is 1.79. The molecule has 1 aliphatic carbocycles. The molecular formula is C22H21N5O2. The normalized spacial score (nSPS) is 16.5. The number of hydrogen-bond acceptors (Lipinski definition) is 5. The molecule has 7 heteroatoms. The number of hydrazone groups is 1. The monoisotopic (exact) mass is 387 g/mol. The molecule has 4 rings (SSSR count). The summed E-state index contributed by atoms with van der Waals surface area (Å²) in [6, 6.07) is 16.4. The SMILES string of the molecule is CC1(C)Cc2c(cnn2-c2ccccc2)C(=O)/C1=N/NC(=O)c1ccccc1N. The number of fused-ring (bicyclic) bond motifs is 1. The van der Waals surface area contributed by atoms with E-state index in [2.05, 4.69) is 15.6 Å². The molecule has 0 aliphatic heterocycles. The first-order valence-corrected chi connectivity index (χ1v) is 9.28. The molecular weight excluding hydrogens is 366 g/mol. The number of nitrogens with zero attached hydrogens (tertiary/aromatic N) is 3. The van der Waals surface area contributed by atoms with Crippen LogP contribution in [-0.2, 0) is 6.42 Å². The third-order valence-electron chi connectivity index (χ3n) is 5.05. The average molecular weight is 387 g/mol. The Balaban J connectivity index is 1.66. The Labute approximate surface area is 168 Å². The van der Waals surface area contributed by atoms with E-state index in [1.165, 1.54) is 0 Å². The number of anilines is 1. The van der Waals surface area contributed by atoms with Crippen molar-refractivity contribution in [1.29, 1.82) is 0 Å². The molecule has 2 aromatic carbocycles. The summed E-state index contributed by atoms with van der Waals surface area (Å²) in [5, 5.41) is 8.60. The molecule has 0 unspecified atom stereocenters. The Hall–Kier alpha value is -3.74. The van der Waals surface area contributed by atoms with Crippen molar-refractivity contribution in [1.82, 2.24) is 15.2 Å². The maximum absolute atomic E-state index is 13.1. The quantitative estimate of drug-likeness (QED) is 0.533. The Morgan fingerprint density at radius 1 is 1.14 bits per heavy atom. The van der Waals surface area contributed by atoms with Crippen molar-refractivity contribution >= 4 is 23.1 Å². The van der Waals surface area contributed by atoms with Gasteiger partial charge < -0.3 is 5.73 Å². The van der Waals surface area contributed by atoms with Crippen molar-refractivity contribution < 1.29 is 9.59 Å². The highest BCUT2D eigenvalue weighted by molar-refractivity contribution is 6.48. The second-order valence-corrected chi connectivity index (χ2v) is 7.63. The first-order chi connectivity index (χ1) is 13.9. The standard InChI is InChI=1S/C22H21N5O2/c1-22(2)12-18-16(13-24-27(18)14-8-4-3-5-9-14)19(28)20(22)25-26-21(29)15-10-6-7-11-17(15)23/h3-11,13H,12,23H2,1-2H3,(H,26,29)/b25-20-. The fourth-order valence-electron chi connectivity index (χ4n) is 3.54. The number of amides is 1. The van der Waals surface area contributed by atoms with Gasteiger partial charge in [0.05, 0.1) is 28.7 Å². The van der Waals surface area contributed by atoms with Gasteiger partial charge in [0.2, 0.25) is 5.78 Å². The Kier molecular flexibility index (Phi) is 4.50. The second-order valence-electron chi connectivity index (χ2n) is 7.63. The maximum Gasteiger partial charge on any atom is 0.273 e. The molecule has 0 atom stereocenters. The van der Waals surface area contributed by atoms with Gasteiger partial charge in [-0.05, 0) is 24.3 Å². The molecule has 3 N–H and O–H groups in total. The number of carbonyl (C=O) groups excluding carboxylic acids is 2. The third kappa shape index (κ3) is 3.31. The zero-order valence-electron chi connectivity index (χ0n) is 16.2. The van der Waals surface area contributed by atoms with Gasteiger partial charge >= 0.3 is 0 Å². The van der Waals surface area contributed by atoms with E-state index < -0.39 is 11.3 Å². The maximum atomic E-state index is 13.1. The van der Waals surface area contributed by atoms with Crippen LogP contribution in [0.25, 0.3) is 5.69 Å². The zero-order valence-corrected chi connectivity index (χ0v) is 16.2. The molecule has 146 valence electrons. The van der Waals surface area contributed by atoms with Crippen molar-refractivity contribution in [3.8, 4) is 5.69 Å². The number of Topliss-reactive ketones (excluding diaryl/α,β-unsaturated/α-hetero) is 1. The van der Waals surface area contributed by atoms with Crippen molar-refractivity contribution in [3.63, 3.8) is 0 Å². The summed E-state index contributed by atoms with van der Waals surface area (Å²) in [5.41, 5.74) is 10.9. The lowest BCUT2D eigenvalue weighted by atomic mass is 9.74. The van der Waals surface area contributed by atoms with Gasteiger partial charge in [0, 0.05) is 17.5 Å². The second kappa shape index (κ2) is 7.01. The van der Waals surface area contributed by atoms with Crippen molar-refractivity contribution in [2.75, 3.05) is 5.73 Å². The summed E-state index contributed by atoms with van der Waals surface area (Å²) in [4.78, 5) is 25.6. The van der Waals surface area contributed by atoms with Gasteiger partial charge in [-0.2, -0.15) is 10.2 Å². The number of benzene rings is 2. The van der Waals surface area contributed by atoms with E-state index in [1.54, 1.807) is 35.1 Å². The molecule has 3 aromatic rings. The lowest BCUT2D eigenvalue weighted by Crippen LogP contribution is -2.41. The number of carbonyl (C=O) groups is 2. The van der Waals surface area contributed by atoms with E-state index in [-0.39, 0.29) is 5.78 Å². The highest BCUT2D eigenvalue weighted by atomic mass is 16.2. The van der Waals surface area contributed by atoms with Crippen LogP contribution in [0.2, 0.25) is 0 Å². The highest BCUT2D eigenvalue weighted by Crippen LogP contribution is 2.34. The van der Waals surface area contributed by atoms with E-state index >= 15 is 0 Å². The number of ketones is 1. The van der Waals surface area contributed by atoms with E-state index in [9.17, 15) is 9.59 Å². The van der Waals surface area contributed by atoms with Crippen LogP contribution in [0.5, 0.6) is 0 Å². The molecule has 0 radical (unpaired) electrons. The largest absolute Gasteiger partial charge is 0.398 e. The Bertz CT molecular complexity index is 1130. The smallest absolute Gasteiger partial charge is 0.273 e.